The van der Waals surface area contributed by atoms with Crippen LogP contribution in [0.1, 0.15) is 6.92 Å². The molecule has 0 saturated heterocycles. The molecule has 0 amide bonds. The van der Waals surface area contributed by atoms with E-state index in [1.807, 2.05) is 0 Å². The molecule has 0 spiro atoms. The first-order valence-corrected chi connectivity index (χ1v) is 8.45. The highest BCUT2D eigenvalue weighted by atomic mass is 79.9. The first-order chi connectivity index (χ1) is 9.20. The van der Waals surface area contributed by atoms with Gasteiger partial charge in [-0.15, -0.1) is 0 Å². The SMILES string of the molecule is CCOC(=O)CN(C)S(=O)(=O)c1c(Cl)cc(Br)cc1Cl. The molecule has 20 heavy (non-hydrogen) atoms. The molecule has 0 N–H and O–H groups in total. The first kappa shape index (κ1) is 17.7. The molecule has 112 valence electrons. The molecule has 0 aliphatic rings. The molecule has 5 nitrogen and oxygen atoms in total. The minimum atomic E-state index is -3.98. The van der Waals surface area contributed by atoms with Crippen molar-refractivity contribution in [2.24, 2.45) is 0 Å². The Morgan fingerprint density at radius 3 is 2.30 bits per heavy atom. The average Bonchev–Trinajstić information content (AvgIpc) is 2.26. The molecule has 1 aromatic carbocycles. The smallest absolute Gasteiger partial charge is 0.321 e. The van der Waals surface area contributed by atoms with Gasteiger partial charge in [0.15, 0.2) is 0 Å². The van der Waals surface area contributed by atoms with E-state index in [0.29, 0.717) is 4.47 Å². The lowest BCUT2D eigenvalue weighted by Gasteiger charge is -2.18. The summed E-state index contributed by atoms with van der Waals surface area (Å²) < 4.78 is 30.8. The van der Waals surface area contributed by atoms with Gasteiger partial charge in [0.05, 0.1) is 16.7 Å². The predicted molar refractivity (Wildman–Crippen MR) is 80.6 cm³/mol. The van der Waals surface area contributed by atoms with E-state index in [-0.39, 0.29) is 21.5 Å². The van der Waals surface area contributed by atoms with E-state index < -0.39 is 22.5 Å². The second-order valence-electron chi connectivity index (χ2n) is 3.76. The molecule has 0 aliphatic heterocycles. The number of benzene rings is 1. The van der Waals surface area contributed by atoms with E-state index in [4.69, 9.17) is 27.9 Å². The molecule has 1 rings (SSSR count). The Bertz CT molecular complexity index is 598. The Labute approximate surface area is 136 Å². The van der Waals surface area contributed by atoms with Gasteiger partial charge in [-0.05, 0) is 19.1 Å². The Balaban J connectivity index is 3.14. The van der Waals surface area contributed by atoms with E-state index in [1.165, 1.54) is 19.2 Å². The van der Waals surface area contributed by atoms with Crippen molar-refractivity contribution in [1.29, 1.82) is 0 Å². The third-order valence-electron chi connectivity index (χ3n) is 2.29. The first-order valence-electron chi connectivity index (χ1n) is 5.46. The lowest BCUT2D eigenvalue weighted by atomic mass is 10.4. The third kappa shape index (κ3) is 4.08. The number of carbonyl (C=O) groups excluding carboxylic acids is 1. The Hall–Kier alpha value is -0.340. The quantitative estimate of drug-likeness (QED) is 0.707. The van der Waals surface area contributed by atoms with Crippen molar-refractivity contribution in [1.82, 2.24) is 4.31 Å². The highest BCUT2D eigenvalue weighted by Crippen LogP contribution is 2.34. The fraction of sp³-hybridized carbons (Fsp3) is 0.364. The van der Waals surface area contributed by atoms with E-state index in [2.05, 4.69) is 15.9 Å². The van der Waals surface area contributed by atoms with E-state index in [9.17, 15) is 13.2 Å². The summed E-state index contributed by atoms with van der Waals surface area (Å²) in [7, 11) is -2.73. The van der Waals surface area contributed by atoms with Crippen molar-refractivity contribution in [3.63, 3.8) is 0 Å². The number of rotatable bonds is 5. The van der Waals surface area contributed by atoms with Crippen molar-refractivity contribution in [2.75, 3.05) is 20.2 Å². The second kappa shape index (κ2) is 7.09. The maximum absolute atomic E-state index is 12.4. The highest BCUT2D eigenvalue weighted by molar-refractivity contribution is 9.10. The van der Waals surface area contributed by atoms with Gasteiger partial charge in [-0.25, -0.2) is 8.42 Å². The predicted octanol–water partition coefficient (Wildman–Crippen LogP) is 2.94. The number of nitrogens with zero attached hydrogens (tertiary/aromatic N) is 1. The summed E-state index contributed by atoms with van der Waals surface area (Å²) in [4.78, 5) is 11.1. The lowest BCUT2D eigenvalue weighted by Crippen LogP contribution is -2.33. The Morgan fingerprint density at radius 1 is 1.35 bits per heavy atom. The zero-order valence-electron chi connectivity index (χ0n) is 10.7. The largest absolute Gasteiger partial charge is 0.465 e. The fourth-order valence-electron chi connectivity index (χ4n) is 1.40. The van der Waals surface area contributed by atoms with Crippen LogP contribution >= 0.6 is 39.1 Å². The summed E-state index contributed by atoms with van der Waals surface area (Å²) in [6.45, 7) is 1.39. The summed E-state index contributed by atoms with van der Waals surface area (Å²) in [5.74, 6) is -0.650. The number of hydrogen-bond acceptors (Lipinski definition) is 4. The van der Waals surface area contributed by atoms with Gasteiger partial charge in [-0.1, -0.05) is 39.1 Å². The third-order valence-corrected chi connectivity index (χ3v) is 5.47. The highest BCUT2D eigenvalue weighted by Gasteiger charge is 2.28. The van der Waals surface area contributed by atoms with Gasteiger partial charge in [0.1, 0.15) is 11.4 Å². The van der Waals surface area contributed by atoms with Crippen LogP contribution in [0.4, 0.5) is 0 Å². The van der Waals surface area contributed by atoms with Crippen LogP contribution in [0, 0.1) is 0 Å². The van der Waals surface area contributed by atoms with Gasteiger partial charge in [0, 0.05) is 11.5 Å². The molecule has 0 bridgehead atoms. The van der Waals surface area contributed by atoms with Crippen LogP contribution < -0.4 is 0 Å². The number of ether oxygens (including phenoxy) is 1. The molecular weight excluding hydrogens is 393 g/mol. The van der Waals surface area contributed by atoms with Crippen LogP contribution in [0.3, 0.4) is 0 Å². The molecule has 0 atom stereocenters. The monoisotopic (exact) mass is 403 g/mol. The maximum Gasteiger partial charge on any atom is 0.321 e. The molecule has 0 saturated carbocycles. The molecule has 0 unspecified atom stereocenters. The average molecular weight is 405 g/mol. The van der Waals surface area contributed by atoms with E-state index in [0.717, 1.165) is 4.31 Å². The van der Waals surface area contributed by atoms with Crippen molar-refractivity contribution < 1.29 is 17.9 Å². The standard InChI is InChI=1S/C11H12BrCl2NO4S/c1-3-19-10(16)6-15(2)20(17,18)11-8(13)4-7(12)5-9(11)14/h4-5H,3,6H2,1-2H3. The number of carbonyl (C=O) groups is 1. The summed E-state index contributed by atoms with van der Waals surface area (Å²) in [5.41, 5.74) is 0. The lowest BCUT2D eigenvalue weighted by molar-refractivity contribution is -0.143. The van der Waals surface area contributed by atoms with E-state index >= 15 is 0 Å². The summed E-state index contributed by atoms with van der Waals surface area (Å²) >= 11 is 15.0. The van der Waals surface area contributed by atoms with Crippen LogP contribution in [-0.2, 0) is 19.6 Å². The topological polar surface area (TPSA) is 63.7 Å². The van der Waals surface area contributed by atoms with Gasteiger partial charge >= 0.3 is 5.97 Å². The van der Waals surface area contributed by atoms with Gasteiger partial charge in [0.2, 0.25) is 10.0 Å². The molecule has 0 radical (unpaired) electrons. The Kier molecular flexibility index (Phi) is 6.27. The van der Waals surface area contributed by atoms with Crippen LogP contribution in [0.2, 0.25) is 10.0 Å². The van der Waals surface area contributed by atoms with Crippen molar-refractivity contribution in [2.45, 2.75) is 11.8 Å². The summed E-state index contributed by atoms with van der Waals surface area (Å²) in [5, 5.41) is -0.0554. The van der Waals surface area contributed by atoms with Gasteiger partial charge in [0.25, 0.3) is 0 Å². The van der Waals surface area contributed by atoms with Gasteiger partial charge < -0.3 is 4.74 Å². The van der Waals surface area contributed by atoms with Crippen molar-refractivity contribution in [3.8, 4) is 0 Å². The fourth-order valence-corrected chi connectivity index (χ4v) is 4.40. The van der Waals surface area contributed by atoms with Crippen molar-refractivity contribution in [3.05, 3.63) is 26.7 Å². The van der Waals surface area contributed by atoms with Gasteiger partial charge in [-0.3, -0.25) is 4.79 Å². The molecule has 0 aromatic heterocycles. The normalized spacial score (nSPS) is 11.7. The second-order valence-corrected chi connectivity index (χ2v) is 7.48. The Morgan fingerprint density at radius 2 is 1.85 bits per heavy atom. The summed E-state index contributed by atoms with van der Waals surface area (Å²) in [6, 6.07) is 2.83. The molecule has 0 aliphatic carbocycles. The molecular formula is C11H12BrCl2NO4S. The number of hydrogen-bond donors (Lipinski definition) is 0. The van der Waals surface area contributed by atoms with Crippen molar-refractivity contribution >= 4 is 55.1 Å². The minimum absolute atomic E-state index is 0.0277. The number of halogens is 3. The van der Waals surface area contributed by atoms with E-state index in [1.54, 1.807) is 6.92 Å². The van der Waals surface area contributed by atoms with Crippen LogP contribution in [0.15, 0.2) is 21.5 Å². The molecule has 0 fully saturated rings. The van der Waals surface area contributed by atoms with Crippen LogP contribution in [-0.4, -0.2) is 38.9 Å². The van der Waals surface area contributed by atoms with Crippen LogP contribution in [0.25, 0.3) is 0 Å². The zero-order chi connectivity index (χ0) is 15.5. The number of likely N-dealkylation sites (N-methyl/N-ethyl adjacent to an activating group) is 1. The van der Waals surface area contributed by atoms with Gasteiger partial charge in [-0.2, -0.15) is 4.31 Å². The summed E-state index contributed by atoms with van der Waals surface area (Å²) in [6.07, 6.45) is 0. The maximum atomic E-state index is 12.4. The molecule has 9 heteroatoms. The molecule has 0 heterocycles. The number of sulfonamides is 1. The molecule has 1 aromatic rings. The van der Waals surface area contributed by atoms with Crippen LogP contribution in [0.5, 0.6) is 0 Å². The number of esters is 1. The minimum Gasteiger partial charge on any atom is -0.465 e. The zero-order valence-corrected chi connectivity index (χ0v) is 14.6.